The van der Waals surface area contributed by atoms with Crippen LogP contribution in [0.3, 0.4) is 0 Å². The van der Waals surface area contributed by atoms with Gasteiger partial charge in [-0.2, -0.15) is 4.98 Å². The van der Waals surface area contributed by atoms with Crippen molar-refractivity contribution in [2.45, 2.75) is 5.22 Å². The molecule has 0 saturated heterocycles. The van der Waals surface area contributed by atoms with Crippen LogP contribution in [0, 0.1) is 0 Å². The van der Waals surface area contributed by atoms with Gasteiger partial charge in [-0.15, -0.1) is 0 Å². The van der Waals surface area contributed by atoms with Crippen molar-refractivity contribution in [2.24, 2.45) is 0 Å². The summed E-state index contributed by atoms with van der Waals surface area (Å²) in [6.07, 6.45) is 3.20. The average molecular weight is 382 g/mol. The second kappa shape index (κ2) is 7.00. The highest BCUT2D eigenvalue weighted by Gasteiger charge is 2.38. The van der Waals surface area contributed by atoms with Crippen LogP contribution in [0.4, 0.5) is 0 Å². The Balaban J connectivity index is 1.37. The van der Waals surface area contributed by atoms with Gasteiger partial charge < -0.3 is 9.36 Å². The van der Waals surface area contributed by atoms with E-state index in [-0.39, 0.29) is 22.1 Å². The van der Waals surface area contributed by atoms with Crippen molar-refractivity contribution in [1.82, 2.24) is 20.2 Å². The molecule has 0 saturated carbocycles. The van der Waals surface area contributed by atoms with Crippen molar-refractivity contribution in [3.63, 3.8) is 0 Å². The van der Waals surface area contributed by atoms with Gasteiger partial charge in [-0.1, -0.05) is 34.1 Å². The molecule has 0 N–H and O–H groups in total. The molecule has 134 valence electrons. The topological polar surface area (TPSA) is 115 Å². The SMILES string of the molecule is O=C(CSc1nc(-c2cccnc2)no1)ON1C(=O)c2ccccc2C1=O. The second-order valence-electron chi connectivity index (χ2n) is 5.33. The van der Waals surface area contributed by atoms with Gasteiger partial charge in [0.25, 0.3) is 17.0 Å². The summed E-state index contributed by atoms with van der Waals surface area (Å²) in [5, 5.41) is 4.41. The van der Waals surface area contributed by atoms with E-state index in [4.69, 9.17) is 9.36 Å². The van der Waals surface area contributed by atoms with E-state index in [1.165, 1.54) is 12.1 Å². The maximum Gasteiger partial charge on any atom is 0.343 e. The number of hydroxylamine groups is 2. The summed E-state index contributed by atoms with van der Waals surface area (Å²) in [5.74, 6) is -2.03. The van der Waals surface area contributed by atoms with Gasteiger partial charge in [0, 0.05) is 18.0 Å². The predicted octanol–water partition coefficient (Wildman–Crippen LogP) is 1.98. The number of aromatic nitrogens is 3. The molecular formula is C17H10N4O5S. The van der Waals surface area contributed by atoms with Crippen molar-refractivity contribution in [3.8, 4) is 11.4 Å². The van der Waals surface area contributed by atoms with Gasteiger partial charge in [0.05, 0.1) is 11.1 Å². The molecule has 1 aromatic carbocycles. The number of carbonyl (C=O) groups is 3. The van der Waals surface area contributed by atoms with Gasteiger partial charge in [0.2, 0.25) is 5.82 Å². The number of benzene rings is 1. The molecule has 0 bridgehead atoms. The molecule has 3 heterocycles. The van der Waals surface area contributed by atoms with E-state index in [2.05, 4.69) is 15.1 Å². The molecule has 0 spiro atoms. The molecule has 2 amide bonds. The standard InChI is InChI=1S/C17H10N4O5S/c22-13(26-21-15(23)11-5-1-2-6-12(11)16(21)24)9-27-17-19-14(20-25-17)10-4-3-7-18-8-10/h1-8H,9H2. The lowest BCUT2D eigenvalue weighted by molar-refractivity contribution is -0.165. The summed E-state index contributed by atoms with van der Waals surface area (Å²) in [6, 6.07) is 9.75. The Morgan fingerprint density at radius 1 is 1.11 bits per heavy atom. The fourth-order valence-corrected chi connectivity index (χ4v) is 2.91. The minimum atomic E-state index is -0.796. The van der Waals surface area contributed by atoms with Gasteiger partial charge in [-0.05, 0) is 24.3 Å². The second-order valence-corrected chi connectivity index (χ2v) is 6.25. The van der Waals surface area contributed by atoms with Crippen molar-refractivity contribution in [1.29, 1.82) is 0 Å². The summed E-state index contributed by atoms with van der Waals surface area (Å²) in [4.78, 5) is 49.3. The number of carbonyl (C=O) groups excluding carboxylic acids is 3. The van der Waals surface area contributed by atoms with Gasteiger partial charge in [0.1, 0.15) is 5.75 Å². The van der Waals surface area contributed by atoms with Crippen molar-refractivity contribution < 1.29 is 23.7 Å². The molecule has 3 aromatic rings. The van der Waals surface area contributed by atoms with Crippen LogP contribution in [0.25, 0.3) is 11.4 Å². The van der Waals surface area contributed by atoms with Crippen LogP contribution in [0.2, 0.25) is 0 Å². The molecule has 0 atom stereocenters. The zero-order chi connectivity index (χ0) is 18.8. The number of hydrogen-bond acceptors (Lipinski definition) is 9. The van der Waals surface area contributed by atoms with Gasteiger partial charge >= 0.3 is 5.97 Å². The number of amides is 2. The number of nitrogens with zero attached hydrogens (tertiary/aromatic N) is 4. The first-order chi connectivity index (χ1) is 13.1. The first kappa shape index (κ1) is 16.9. The van der Waals surface area contributed by atoms with Crippen LogP contribution in [-0.2, 0) is 9.63 Å². The lowest BCUT2D eigenvalue weighted by Crippen LogP contribution is -2.33. The van der Waals surface area contributed by atoms with Crippen LogP contribution < -0.4 is 0 Å². The Labute approximate surface area is 156 Å². The summed E-state index contributed by atoms with van der Waals surface area (Å²) >= 11 is 0.929. The highest BCUT2D eigenvalue weighted by molar-refractivity contribution is 7.99. The lowest BCUT2D eigenvalue weighted by Gasteiger charge is -2.11. The molecule has 0 unspecified atom stereocenters. The van der Waals surface area contributed by atoms with Crippen LogP contribution >= 0.6 is 11.8 Å². The lowest BCUT2D eigenvalue weighted by atomic mass is 10.1. The predicted molar refractivity (Wildman–Crippen MR) is 91.3 cm³/mol. The summed E-state index contributed by atoms with van der Waals surface area (Å²) in [6.45, 7) is 0. The monoisotopic (exact) mass is 382 g/mol. The Bertz CT molecular complexity index is 1000. The normalized spacial score (nSPS) is 13.0. The Morgan fingerprint density at radius 3 is 2.52 bits per heavy atom. The highest BCUT2D eigenvalue weighted by atomic mass is 32.2. The summed E-state index contributed by atoms with van der Waals surface area (Å²) < 4.78 is 5.05. The maximum atomic E-state index is 12.2. The molecule has 2 aromatic heterocycles. The summed E-state index contributed by atoms with van der Waals surface area (Å²) in [7, 11) is 0. The van der Waals surface area contributed by atoms with Crippen molar-refractivity contribution in [2.75, 3.05) is 5.75 Å². The fourth-order valence-electron chi connectivity index (χ4n) is 2.38. The van der Waals surface area contributed by atoms with E-state index in [9.17, 15) is 14.4 Å². The van der Waals surface area contributed by atoms with Crippen LogP contribution in [0.5, 0.6) is 0 Å². The quantitative estimate of drug-likeness (QED) is 0.482. The third-order valence-electron chi connectivity index (χ3n) is 3.59. The Hall–Kier alpha value is -3.53. The van der Waals surface area contributed by atoms with Gasteiger partial charge in [-0.3, -0.25) is 14.6 Å². The molecule has 0 radical (unpaired) electrons. The zero-order valence-corrected chi connectivity index (χ0v) is 14.4. The Kier molecular flexibility index (Phi) is 4.38. The molecular weight excluding hydrogens is 372 g/mol. The first-order valence-corrected chi connectivity index (χ1v) is 8.67. The smallest absolute Gasteiger partial charge is 0.329 e. The van der Waals surface area contributed by atoms with Crippen LogP contribution in [0.15, 0.2) is 58.5 Å². The van der Waals surface area contributed by atoms with E-state index in [1.54, 1.807) is 36.7 Å². The first-order valence-electron chi connectivity index (χ1n) is 7.69. The van der Waals surface area contributed by atoms with E-state index in [1.807, 2.05) is 0 Å². The Morgan fingerprint density at radius 2 is 1.85 bits per heavy atom. The zero-order valence-electron chi connectivity index (χ0n) is 13.6. The number of rotatable bonds is 5. The average Bonchev–Trinajstić information content (AvgIpc) is 3.27. The molecule has 1 aliphatic heterocycles. The molecule has 9 nitrogen and oxygen atoms in total. The molecule has 0 aliphatic carbocycles. The highest BCUT2D eigenvalue weighted by Crippen LogP contribution is 2.24. The molecule has 10 heteroatoms. The molecule has 4 rings (SSSR count). The van der Waals surface area contributed by atoms with Crippen LogP contribution in [-0.4, -0.2) is 43.7 Å². The van der Waals surface area contributed by atoms with E-state index >= 15 is 0 Å². The molecule has 27 heavy (non-hydrogen) atoms. The fraction of sp³-hybridized carbons (Fsp3) is 0.0588. The van der Waals surface area contributed by atoms with E-state index < -0.39 is 17.8 Å². The number of hydrogen-bond donors (Lipinski definition) is 0. The van der Waals surface area contributed by atoms with Crippen molar-refractivity contribution >= 4 is 29.5 Å². The number of imide groups is 1. The van der Waals surface area contributed by atoms with E-state index in [0.717, 1.165) is 11.8 Å². The molecule has 1 aliphatic rings. The van der Waals surface area contributed by atoms with Gasteiger partial charge in [-0.25, -0.2) is 4.79 Å². The van der Waals surface area contributed by atoms with Crippen LogP contribution in [0.1, 0.15) is 20.7 Å². The van der Waals surface area contributed by atoms with E-state index in [0.29, 0.717) is 16.5 Å². The molecule has 0 fully saturated rings. The third-order valence-corrected chi connectivity index (χ3v) is 4.38. The summed E-state index contributed by atoms with van der Waals surface area (Å²) in [5.41, 5.74) is 1.06. The number of pyridine rings is 1. The van der Waals surface area contributed by atoms with Crippen molar-refractivity contribution in [3.05, 3.63) is 59.9 Å². The maximum absolute atomic E-state index is 12.2. The largest absolute Gasteiger partial charge is 0.343 e. The number of fused-ring (bicyclic) bond motifs is 1. The minimum Gasteiger partial charge on any atom is -0.329 e. The minimum absolute atomic E-state index is 0.146. The van der Waals surface area contributed by atoms with Gasteiger partial charge in [0.15, 0.2) is 0 Å². The third kappa shape index (κ3) is 3.29. The number of thioether (sulfide) groups is 1.